The summed E-state index contributed by atoms with van der Waals surface area (Å²) in [6, 6.07) is 12.9. The first-order valence-electron chi connectivity index (χ1n) is 8.59. The van der Waals surface area contributed by atoms with Crippen LogP contribution in [-0.4, -0.2) is 35.6 Å². The number of carbonyl (C=O) groups excluding carboxylic acids is 2. The molecular formula is C20H26N2O3. The second-order valence-electron chi connectivity index (χ2n) is 6.74. The largest absolute Gasteiger partial charge is 0.394 e. The lowest BCUT2D eigenvalue weighted by atomic mass is 10.0. The lowest BCUT2D eigenvalue weighted by Crippen LogP contribution is -2.52. The van der Waals surface area contributed by atoms with Crippen molar-refractivity contribution >= 4 is 22.6 Å². The van der Waals surface area contributed by atoms with Gasteiger partial charge in [-0.05, 0) is 29.2 Å². The first-order valence-corrected chi connectivity index (χ1v) is 8.59. The van der Waals surface area contributed by atoms with E-state index >= 15 is 0 Å². The van der Waals surface area contributed by atoms with E-state index < -0.39 is 6.04 Å². The Balaban J connectivity index is 2.03. The average molecular weight is 342 g/mol. The summed E-state index contributed by atoms with van der Waals surface area (Å²) in [7, 11) is 0. The molecule has 0 aliphatic rings. The first kappa shape index (κ1) is 18.9. The molecule has 0 fully saturated rings. The van der Waals surface area contributed by atoms with Crippen LogP contribution < -0.4 is 10.6 Å². The monoisotopic (exact) mass is 342 g/mol. The van der Waals surface area contributed by atoms with Gasteiger partial charge in [0.15, 0.2) is 0 Å². The van der Waals surface area contributed by atoms with Gasteiger partial charge in [-0.2, -0.15) is 0 Å². The highest BCUT2D eigenvalue weighted by atomic mass is 16.3. The maximum absolute atomic E-state index is 12.4. The zero-order chi connectivity index (χ0) is 18.4. The third-order valence-electron chi connectivity index (χ3n) is 4.11. The van der Waals surface area contributed by atoms with Crippen molar-refractivity contribution in [2.45, 2.75) is 39.3 Å². The van der Waals surface area contributed by atoms with Crippen LogP contribution in [0, 0.1) is 5.92 Å². The zero-order valence-corrected chi connectivity index (χ0v) is 15.0. The Labute approximate surface area is 148 Å². The van der Waals surface area contributed by atoms with E-state index in [0.717, 1.165) is 16.3 Å². The SMILES string of the molecule is CC(CO)NC(=O)C(NC(=O)Cc1ccc2ccccc2c1)C(C)C. The number of aliphatic hydroxyl groups excluding tert-OH is 1. The van der Waals surface area contributed by atoms with Crippen molar-refractivity contribution in [1.29, 1.82) is 0 Å². The van der Waals surface area contributed by atoms with Crippen molar-refractivity contribution in [3.05, 3.63) is 48.0 Å². The smallest absolute Gasteiger partial charge is 0.243 e. The van der Waals surface area contributed by atoms with Crippen LogP contribution in [0.4, 0.5) is 0 Å². The fraction of sp³-hybridized carbons (Fsp3) is 0.400. The normalized spacial score (nSPS) is 13.5. The topological polar surface area (TPSA) is 78.4 Å². The molecular weight excluding hydrogens is 316 g/mol. The van der Waals surface area contributed by atoms with Crippen LogP contribution in [0.15, 0.2) is 42.5 Å². The second-order valence-corrected chi connectivity index (χ2v) is 6.74. The number of amides is 2. The molecule has 2 aromatic carbocycles. The van der Waals surface area contributed by atoms with Crippen LogP contribution in [0.25, 0.3) is 10.8 Å². The number of nitrogens with one attached hydrogen (secondary N) is 2. The van der Waals surface area contributed by atoms with Crippen molar-refractivity contribution in [3.8, 4) is 0 Å². The lowest BCUT2D eigenvalue weighted by Gasteiger charge is -2.23. The summed E-state index contributed by atoms with van der Waals surface area (Å²) in [5.41, 5.74) is 0.905. The lowest BCUT2D eigenvalue weighted by molar-refractivity contribution is -0.130. The molecule has 2 aromatic rings. The zero-order valence-electron chi connectivity index (χ0n) is 15.0. The van der Waals surface area contributed by atoms with Gasteiger partial charge in [-0.3, -0.25) is 9.59 Å². The van der Waals surface area contributed by atoms with Crippen molar-refractivity contribution in [2.75, 3.05) is 6.61 Å². The Hall–Kier alpha value is -2.40. The standard InChI is InChI=1S/C20H26N2O3/c1-13(2)19(20(25)21-14(3)12-23)22-18(24)11-15-8-9-16-6-4-5-7-17(16)10-15/h4-10,13-14,19,23H,11-12H2,1-3H3,(H,21,25)(H,22,24). The summed E-state index contributed by atoms with van der Waals surface area (Å²) in [4.78, 5) is 24.7. The van der Waals surface area contributed by atoms with Gasteiger partial charge >= 0.3 is 0 Å². The molecule has 0 aromatic heterocycles. The molecule has 0 aliphatic carbocycles. The fourth-order valence-corrected chi connectivity index (χ4v) is 2.67. The van der Waals surface area contributed by atoms with Crippen molar-refractivity contribution in [1.82, 2.24) is 10.6 Å². The van der Waals surface area contributed by atoms with Crippen molar-refractivity contribution in [2.24, 2.45) is 5.92 Å². The van der Waals surface area contributed by atoms with Crippen LogP contribution >= 0.6 is 0 Å². The fourth-order valence-electron chi connectivity index (χ4n) is 2.67. The van der Waals surface area contributed by atoms with Crippen LogP contribution in [0.5, 0.6) is 0 Å². The number of rotatable bonds is 7. The highest BCUT2D eigenvalue weighted by Crippen LogP contribution is 2.16. The summed E-state index contributed by atoms with van der Waals surface area (Å²) in [6.07, 6.45) is 0.219. The first-order chi connectivity index (χ1) is 11.9. The summed E-state index contributed by atoms with van der Waals surface area (Å²) in [5.74, 6) is -0.518. The molecule has 3 N–H and O–H groups in total. The van der Waals surface area contributed by atoms with Crippen LogP contribution in [0.2, 0.25) is 0 Å². The van der Waals surface area contributed by atoms with E-state index in [4.69, 9.17) is 5.11 Å². The number of benzene rings is 2. The predicted molar refractivity (Wildman–Crippen MR) is 99.1 cm³/mol. The van der Waals surface area contributed by atoms with Gasteiger partial charge in [0, 0.05) is 6.04 Å². The molecule has 2 amide bonds. The molecule has 0 spiro atoms. The van der Waals surface area contributed by atoms with Crippen LogP contribution in [-0.2, 0) is 16.0 Å². The van der Waals surface area contributed by atoms with Gasteiger partial charge in [0.05, 0.1) is 13.0 Å². The molecule has 2 rings (SSSR count). The molecule has 0 heterocycles. The van der Waals surface area contributed by atoms with E-state index in [-0.39, 0.29) is 36.8 Å². The number of carbonyl (C=O) groups is 2. The molecule has 0 aliphatic heterocycles. The van der Waals surface area contributed by atoms with E-state index in [1.54, 1.807) is 6.92 Å². The maximum Gasteiger partial charge on any atom is 0.243 e. The Morgan fingerprint density at radius 2 is 1.68 bits per heavy atom. The third-order valence-corrected chi connectivity index (χ3v) is 4.11. The Kier molecular flexibility index (Phi) is 6.53. The van der Waals surface area contributed by atoms with Gasteiger partial charge in [0.1, 0.15) is 6.04 Å². The minimum Gasteiger partial charge on any atom is -0.394 e. The molecule has 0 saturated heterocycles. The van der Waals surface area contributed by atoms with E-state index in [1.165, 1.54) is 0 Å². The van der Waals surface area contributed by atoms with Gasteiger partial charge in [-0.25, -0.2) is 0 Å². The quantitative estimate of drug-likeness (QED) is 0.720. The van der Waals surface area contributed by atoms with E-state index in [0.29, 0.717) is 0 Å². The van der Waals surface area contributed by atoms with E-state index in [1.807, 2.05) is 56.3 Å². The number of hydrogen-bond donors (Lipinski definition) is 3. The van der Waals surface area contributed by atoms with E-state index in [9.17, 15) is 9.59 Å². The number of hydrogen-bond acceptors (Lipinski definition) is 3. The van der Waals surface area contributed by atoms with Crippen molar-refractivity contribution < 1.29 is 14.7 Å². The molecule has 0 saturated carbocycles. The Morgan fingerprint density at radius 1 is 1.00 bits per heavy atom. The van der Waals surface area contributed by atoms with Crippen LogP contribution in [0.3, 0.4) is 0 Å². The summed E-state index contributed by atoms with van der Waals surface area (Å²) in [6.45, 7) is 5.34. The molecule has 25 heavy (non-hydrogen) atoms. The molecule has 5 heteroatoms. The molecule has 0 radical (unpaired) electrons. The van der Waals surface area contributed by atoms with Gasteiger partial charge < -0.3 is 15.7 Å². The Bertz CT molecular complexity index is 743. The van der Waals surface area contributed by atoms with Gasteiger partial charge in [0.25, 0.3) is 0 Å². The number of aliphatic hydroxyl groups is 1. The number of fused-ring (bicyclic) bond motifs is 1. The molecule has 2 atom stereocenters. The maximum atomic E-state index is 12.4. The Morgan fingerprint density at radius 3 is 2.32 bits per heavy atom. The average Bonchev–Trinajstić information content (AvgIpc) is 2.59. The van der Waals surface area contributed by atoms with Crippen LogP contribution in [0.1, 0.15) is 26.3 Å². The summed E-state index contributed by atoms with van der Waals surface area (Å²) >= 11 is 0. The minimum atomic E-state index is -0.623. The molecule has 0 bridgehead atoms. The van der Waals surface area contributed by atoms with Gasteiger partial charge in [0.2, 0.25) is 11.8 Å². The molecule has 2 unspecified atom stereocenters. The highest BCUT2D eigenvalue weighted by molar-refractivity contribution is 5.89. The predicted octanol–water partition coefficient (Wildman–Crippen LogP) is 2.02. The summed E-state index contributed by atoms with van der Waals surface area (Å²) < 4.78 is 0. The molecule has 134 valence electrons. The third kappa shape index (κ3) is 5.29. The van der Waals surface area contributed by atoms with E-state index in [2.05, 4.69) is 10.6 Å². The summed E-state index contributed by atoms with van der Waals surface area (Å²) in [5, 5.41) is 16.8. The minimum absolute atomic E-state index is 0.0496. The molecule has 5 nitrogen and oxygen atoms in total. The van der Waals surface area contributed by atoms with Crippen molar-refractivity contribution in [3.63, 3.8) is 0 Å². The van der Waals surface area contributed by atoms with Gasteiger partial charge in [-0.15, -0.1) is 0 Å². The van der Waals surface area contributed by atoms with Gasteiger partial charge in [-0.1, -0.05) is 56.3 Å². The highest BCUT2D eigenvalue weighted by Gasteiger charge is 2.25. The second kappa shape index (κ2) is 8.62.